The standard InChI is InChI=1S/C16H20N2O3/c1-11-17-14-5-2-4-13(16(19)20)15(14)18(11)8-3-9-21-10-12-6-7-12/h2,4-5,12H,3,6-10H2,1H3,(H,19,20). The van der Waals surface area contributed by atoms with E-state index >= 15 is 0 Å². The lowest BCUT2D eigenvalue weighted by Crippen LogP contribution is -2.08. The molecule has 1 aliphatic carbocycles. The smallest absolute Gasteiger partial charge is 0.337 e. The minimum Gasteiger partial charge on any atom is -0.478 e. The van der Waals surface area contributed by atoms with Gasteiger partial charge in [-0.05, 0) is 44.2 Å². The average Bonchev–Trinajstić information content (AvgIpc) is 3.21. The number of aromatic nitrogens is 2. The second-order valence-electron chi connectivity index (χ2n) is 5.66. The molecule has 21 heavy (non-hydrogen) atoms. The molecule has 5 heteroatoms. The van der Waals surface area contributed by atoms with Gasteiger partial charge >= 0.3 is 5.97 Å². The van der Waals surface area contributed by atoms with Crippen molar-refractivity contribution in [3.63, 3.8) is 0 Å². The van der Waals surface area contributed by atoms with Crippen LogP contribution in [0.5, 0.6) is 0 Å². The quantitative estimate of drug-likeness (QED) is 0.796. The van der Waals surface area contributed by atoms with Gasteiger partial charge in [-0.1, -0.05) is 6.07 Å². The van der Waals surface area contributed by atoms with E-state index in [9.17, 15) is 9.90 Å². The molecule has 0 amide bonds. The molecule has 0 atom stereocenters. The Morgan fingerprint density at radius 1 is 1.48 bits per heavy atom. The van der Waals surface area contributed by atoms with Crippen LogP contribution in [0.15, 0.2) is 18.2 Å². The first-order valence-corrected chi connectivity index (χ1v) is 7.43. The summed E-state index contributed by atoms with van der Waals surface area (Å²) in [6, 6.07) is 5.22. The summed E-state index contributed by atoms with van der Waals surface area (Å²) >= 11 is 0. The van der Waals surface area contributed by atoms with E-state index in [1.165, 1.54) is 12.8 Å². The van der Waals surface area contributed by atoms with E-state index in [2.05, 4.69) is 4.98 Å². The Labute approximate surface area is 123 Å². The van der Waals surface area contributed by atoms with Gasteiger partial charge in [0.05, 0.1) is 16.6 Å². The fourth-order valence-corrected chi connectivity index (χ4v) is 2.61. The summed E-state index contributed by atoms with van der Waals surface area (Å²) < 4.78 is 7.62. The Morgan fingerprint density at radius 3 is 3.00 bits per heavy atom. The fraction of sp³-hybridized carbons (Fsp3) is 0.500. The van der Waals surface area contributed by atoms with Crippen LogP contribution < -0.4 is 0 Å². The van der Waals surface area contributed by atoms with Crippen molar-refractivity contribution in [1.29, 1.82) is 0 Å². The molecular weight excluding hydrogens is 268 g/mol. The lowest BCUT2D eigenvalue weighted by Gasteiger charge is -2.09. The number of aryl methyl sites for hydroxylation is 2. The molecule has 1 aromatic heterocycles. The second kappa shape index (κ2) is 5.85. The van der Waals surface area contributed by atoms with Crippen molar-refractivity contribution in [2.24, 2.45) is 5.92 Å². The Kier molecular flexibility index (Phi) is 3.92. The second-order valence-corrected chi connectivity index (χ2v) is 5.66. The first-order valence-electron chi connectivity index (χ1n) is 7.43. The summed E-state index contributed by atoms with van der Waals surface area (Å²) in [6.07, 6.45) is 3.47. The number of carboxylic acid groups (broad SMARTS) is 1. The van der Waals surface area contributed by atoms with Crippen LogP contribution in [-0.4, -0.2) is 33.8 Å². The first kappa shape index (κ1) is 14.1. The molecule has 1 heterocycles. The maximum Gasteiger partial charge on any atom is 0.337 e. The molecule has 0 aliphatic heterocycles. The number of carbonyl (C=O) groups is 1. The summed E-state index contributed by atoms with van der Waals surface area (Å²) in [4.78, 5) is 15.8. The van der Waals surface area contributed by atoms with Crippen LogP contribution in [0.2, 0.25) is 0 Å². The van der Waals surface area contributed by atoms with Crippen LogP contribution in [0.1, 0.15) is 35.4 Å². The number of hydrogen-bond donors (Lipinski definition) is 1. The lowest BCUT2D eigenvalue weighted by atomic mass is 10.2. The van der Waals surface area contributed by atoms with Gasteiger partial charge in [-0.25, -0.2) is 9.78 Å². The first-order chi connectivity index (χ1) is 10.2. The van der Waals surface area contributed by atoms with E-state index in [1.807, 2.05) is 17.6 Å². The monoisotopic (exact) mass is 288 g/mol. The maximum absolute atomic E-state index is 11.4. The maximum atomic E-state index is 11.4. The van der Waals surface area contributed by atoms with Crippen molar-refractivity contribution >= 4 is 17.0 Å². The van der Waals surface area contributed by atoms with Gasteiger partial charge in [0.1, 0.15) is 5.82 Å². The normalized spacial score (nSPS) is 14.7. The van der Waals surface area contributed by atoms with Crippen LogP contribution in [-0.2, 0) is 11.3 Å². The van der Waals surface area contributed by atoms with Crippen LogP contribution in [0, 0.1) is 12.8 Å². The molecule has 0 bridgehead atoms. The van der Waals surface area contributed by atoms with Crippen LogP contribution in [0.3, 0.4) is 0 Å². The van der Waals surface area contributed by atoms with Gasteiger partial charge in [0.15, 0.2) is 0 Å². The van der Waals surface area contributed by atoms with Crippen LogP contribution >= 0.6 is 0 Å². The molecule has 5 nitrogen and oxygen atoms in total. The number of aromatic carboxylic acids is 1. The lowest BCUT2D eigenvalue weighted by molar-refractivity contribution is 0.0698. The van der Waals surface area contributed by atoms with Crippen molar-refractivity contribution in [3.8, 4) is 0 Å². The zero-order chi connectivity index (χ0) is 14.8. The van der Waals surface area contributed by atoms with Gasteiger partial charge in [0, 0.05) is 19.8 Å². The molecular formula is C16H20N2O3. The summed E-state index contributed by atoms with van der Waals surface area (Å²) in [5, 5.41) is 9.33. The highest BCUT2D eigenvalue weighted by atomic mass is 16.5. The molecule has 0 radical (unpaired) electrons. The SMILES string of the molecule is Cc1nc2cccc(C(=O)O)c2n1CCCOCC1CC1. The predicted octanol–water partition coefficient (Wildman–Crippen LogP) is 2.86. The van der Waals surface area contributed by atoms with Gasteiger partial charge in [-0.2, -0.15) is 0 Å². The number of nitrogens with zero attached hydrogens (tertiary/aromatic N) is 2. The average molecular weight is 288 g/mol. The van der Waals surface area contributed by atoms with Crippen LogP contribution in [0.25, 0.3) is 11.0 Å². The summed E-state index contributed by atoms with van der Waals surface area (Å²) in [6.45, 7) is 4.23. The third-order valence-electron chi connectivity index (χ3n) is 3.91. The van der Waals surface area contributed by atoms with E-state index in [4.69, 9.17) is 4.74 Å². The Hall–Kier alpha value is -1.88. The number of benzene rings is 1. The molecule has 1 fully saturated rings. The third kappa shape index (κ3) is 3.08. The Balaban J connectivity index is 1.73. The van der Waals surface area contributed by atoms with E-state index in [0.717, 1.165) is 36.8 Å². The largest absolute Gasteiger partial charge is 0.478 e. The molecule has 0 saturated heterocycles. The number of ether oxygens (including phenoxy) is 1. The zero-order valence-electron chi connectivity index (χ0n) is 12.2. The van der Waals surface area contributed by atoms with Crippen molar-refractivity contribution in [1.82, 2.24) is 9.55 Å². The van der Waals surface area contributed by atoms with Crippen molar-refractivity contribution in [2.75, 3.05) is 13.2 Å². The van der Waals surface area contributed by atoms with Gasteiger partial charge in [0.25, 0.3) is 0 Å². The van der Waals surface area contributed by atoms with Crippen molar-refractivity contribution in [2.45, 2.75) is 32.7 Å². The highest BCUT2D eigenvalue weighted by Gasteiger charge is 2.21. The zero-order valence-corrected chi connectivity index (χ0v) is 12.2. The van der Waals surface area contributed by atoms with E-state index in [0.29, 0.717) is 17.7 Å². The Bertz CT molecular complexity index is 659. The molecule has 1 aliphatic rings. The molecule has 1 aromatic carbocycles. The summed E-state index contributed by atoms with van der Waals surface area (Å²) in [5.74, 6) is 0.715. The molecule has 1 N–H and O–H groups in total. The number of hydrogen-bond acceptors (Lipinski definition) is 3. The van der Waals surface area contributed by atoms with Gasteiger partial charge in [0.2, 0.25) is 0 Å². The van der Waals surface area contributed by atoms with Crippen molar-refractivity contribution < 1.29 is 14.6 Å². The fourth-order valence-electron chi connectivity index (χ4n) is 2.61. The number of para-hydroxylation sites is 1. The third-order valence-corrected chi connectivity index (χ3v) is 3.91. The van der Waals surface area contributed by atoms with Gasteiger partial charge < -0.3 is 14.4 Å². The Morgan fingerprint density at radius 2 is 2.29 bits per heavy atom. The summed E-state index contributed by atoms with van der Waals surface area (Å²) in [7, 11) is 0. The highest BCUT2D eigenvalue weighted by Crippen LogP contribution is 2.28. The number of imidazole rings is 1. The molecule has 0 spiro atoms. The number of rotatable bonds is 7. The van der Waals surface area contributed by atoms with Gasteiger partial charge in [-0.15, -0.1) is 0 Å². The van der Waals surface area contributed by atoms with E-state index in [1.54, 1.807) is 12.1 Å². The number of carboxylic acids is 1. The van der Waals surface area contributed by atoms with Crippen LogP contribution in [0.4, 0.5) is 0 Å². The minimum absolute atomic E-state index is 0.312. The van der Waals surface area contributed by atoms with E-state index < -0.39 is 5.97 Å². The molecule has 0 unspecified atom stereocenters. The summed E-state index contributed by atoms with van der Waals surface area (Å²) in [5.41, 5.74) is 1.77. The predicted molar refractivity (Wildman–Crippen MR) is 79.6 cm³/mol. The molecule has 1 saturated carbocycles. The molecule has 3 rings (SSSR count). The van der Waals surface area contributed by atoms with Gasteiger partial charge in [-0.3, -0.25) is 0 Å². The minimum atomic E-state index is -0.910. The molecule has 2 aromatic rings. The number of fused-ring (bicyclic) bond motifs is 1. The molecule has 112 valence electrons. The van der Waals surface area contributed by atoms with Crippen molar-refractivity contribution in [3.05, 3.63) is 29.6 Å². The van der Waals surface area contributed by atoms with E-state index in [-0.39, 0.29) is 0 Å². The topological polar surface area (TPSA) is 64.3 Å². The highest BCUT2D eigenvalue weighted by molar-refractivity contribution is 6.01.